The van der Waals surface area contributed by atoms with E-state index in [1.54, 1.807) is 0 Å². The Morgan fingerprint density at radius 3 is 2.83 bits per heavy atom. The number of carbonyl (C=O) groups excluding carboxylic acids is 2. The highest BCUT2D eigenvalue weighted by Crippen LogP contribution is 2.15. The minimum absolute atomic E-state index is 0.00857. The largest absolute Gasteiger partial charge is 0.350 e. The number of hydrogen-bond acceptors (Lipinski definition) is 3. The Morgan fingerprint density at radius 1 is 1.22 bits per heavy atom. The first kappa shape index (κ1) is 16.0. The molecule has 0 aromatic heterocycles. The highest BCUT2D eigenvalue weighted by atomic mass is 16.2. The predicted molar refractivity (Wildman–Crippen MR) is 88.7 cm³/mol. The maximum atomic E-state index is 12.3. The molecule has 2 fully saturated rings. The van der Waals surface area contributed by atoms with Gasteiger partial charge in [0.1, 0.15) is 6.04 Å². The molecule has 2 N–H and O–H groups in total. The Hall–Kier alpha value is -1.88. The second kappa shape index (κ2) is 7.59. The van der Waals surface area contributed by atoms with Crippen LogP contribution in [0.1, 0.15) is 37.7 Å². The van der Waals surface area contributed by atoms with Crippen molar-refractivity contribution in [3.05, 3.63) is 35.9 Å². The van der Waals surface area contributed by atoms with E-state index in [9.17, 15) is 9.59 Å². The molecule has 0 aliphatic carbocycles. The lowest BCUT2D eigenvalue weighted by atomic mass is 10.0. The van der Waals surface area contributed by atoms with E-state index in [2.05, 4.69) is 39.8 Å². The van der Waals surface area contributed by atoms with Crippen LogP contribution in [0.3, 0.4) is 0 Å². The number of amides is 2. The van der Waals surface area contributed by atoms with E-state index >= 15 is 0 Å². The molecule has 1 aromatic rings. The van der Waals surface area contributed by atoms with E-state index in [4.69, 9.17) is 0 Å². The Balaban J connectivity index is 1.50. The van der Waals surface area contributed by atoms with Crippen molar-refractivity contribution in [3.8, 4) is 0 Å². The van der Waals surface area contributed by atoms with Crippen molar-refractivity contribution in [2.45, 2.75) is 50.7 Å². The summed E-state index contributed by atoms with van der Waals surface area (Å²) in [5.74, 6) is -0.0321. The molecule has 0 saturated carbocycles. The number of benzene rings is 1. The zero-order valence-corrected chi connectivity index (χ0v) is 13.5. The SMILES string of the molecule is O=C1CCC[C@H](C(=O)N[C@@H]2CCCN(Cc3ccccc3)C2)N1. The van der Waals surface area contributed by atoms with Gasteiger partial charge in [0.15, 0.2) is 0 Å². The standard InChI is InChI=1S/C18H25N3O2/c22-17-10-4-9-16(20-17)18(23)19-15-8-5-11-21(13-15)12-14-6-2-1-3-7-14/h1-3,6-7,15-16H,4-5,8-13H2,(H,19,23)(H,20,22)/t15-,16-/m1/s1. The third-order valence-electron chi connectivity index (χ3n) is 4.65. The average molecular weight is 315 g/mol. The summed E-state index contributed by atoms with van der Waals surface area (Å²) in [6.45, 7) is 2.87. The molecule has 3 rings (SSSR count). The van der Waals surface area contributed by atoms with Gasteiger partial charge in [0.2, 0.25) is 11.8 Å². The summed E-state index contributed by atoms with van der Waals surface area (Å²) in [6, 6.07) is 10.3. The first-order valence-corrected chi connectivity index (χ1v) is 8.57. The van der Waals surface area contributed by atoms with E-state index in [1.807, 2.05) is 6.07 Å². The van der Waals surface area contributed by atoms with Crippen LogP contribution in [0, 0.1) is 0 Å². The van der Waals surface area contributed by atoms with Crippen LogP contribution < -0.4 is 10.6 Å². The van der Waals surface area contributed by atoms with Crippen molar-refractivity contribution >= 4 is 11.8 Å². The summed E-state index contributed by atoms with van der Waals surface area (Å²) in [6.07, 6.45) is 4.19. The van der Waals surface area contributed by atoms with Crippen LogP contribution in [0.15, 0.2) is 30.3 Å². The highest BCUT2D eigenvalue weighted by molar-refractivity contribution is 5.88. The molecular weight excluding hydrogens is 290 g/mol. The molecule has 23 heavy (non-hydrogen) atoms. The van der Waals surface area contributed by atoms with Gasteiger partial charge < -0.3 is 10.6 Å². The lowest BCUT2D eigenvalue weighted by molar-refractivity contribution is -0.131. The van der Waals surface area contributed by atoms with Crippen molar-refractivity contribution < 1.29 is 9.59 Å². The van der Waals surface area contributed by atoms with E-state index in [1.165, 1.54) is 5.56 Å². The van der Waals surface area contributed by atoms with Gasteiger partial charge in [0.25, 0.3) is 0 Å². The van der Waals surface area contributed by atoms with Gasteiger partial charge in [-0.15, -0.1) is 0 Å². The lowest BCUT2D eigenvalue weighted by Gasteiger charge is -2.34. The molecule has 0 bridgehead atoms. The summed E-state index contributed by atoms with van der Waals surface area (Å²) in [4.78, 5) is 26.2. The fourth-order valence-corrected chi connectivity index (χ4v) is 3.46. The van der Waals surface area contributed by atoms with Crippen molar-refractivity contribution in [3.63, 3.8) is 0 Å². The molecule has 124 valence electrons. The molecule has 5 heteroatoms. The lowest BCUT2D eigenvalue weighted by Crippen LogP contribution is -2.54. The zero-order chi connectivity index (χ0) is 16.1. The van der Waals surface area contributed by atoms with Crippen molar-refractivity contribution in [2.75, 3.05) is 13.1 Å². The van der Waals surface area contributed by atoms with Crippen molar-refractivity contribution in [1.82, 2.24) is 15.5 Å². The third kappa shape index (κ3) is 4.55. The molecule has 2 atom stereocenters. The van der Waals surface area contributed by atoms with Crippen LogP contribution >= 0.6 is 0 Å². The minimum Gasteiger partial charge on any atom is -0.350 e. The van der Waals surface area contributed by atoms with Crippen molar-refractivity contribution in [1.29, 1.82) is 0 Å². The molecule has 0 radical (unpaired) electrons. The smallest absolute Gasteiger partial charge is 0.242 e. The normalized spacial score (nSPS) is 25.7. The summed E-state index contributed by atoms with van der Waals surface area (Å²) in [5.41, 5.74) is 1.30. The first-order valence-electron chi connectivity index (χ1n) is 8.57. The number of rotatable bonds is 4. The molecule has 1 aromatic carbocycles. The van der Waals surface area contributed by atoms with Gasteiger partial charge in [-0.2, -0.15) is 0 Å². The van der Waals surface area contributed by atoms with Crippen LogP contribution in [0.5, 0.6) is 0 Å². The van der Waals surface area contributed by atoms with Crippen LogP contribution in [-0.2, 0) is 16.1 Å². The molecule has 2 heterocycles. The third-order valence-corrected chi connectivity index (χ3v) is 4.65. The van der Waals surface area contributed by atoms with E-state index in [0.29, 0.717) is 6.42 Å². The van der Waals surface area contributed by atoms with Gasteiger partial charge in [-0.1, -0.05) is 30.3 Å². The van der Waals surface area contributed by atoms with Gasteiger partial charge in [-0.25, -0.2) is 0 Å². The predicted octanol–water partition coefficient (Wildman–Crippen LogP) is 1.44. The van der Waals surface area contributed by atoms with Crippen LogP contribution in [0.2, 0.25) is 0 Å². The number of hydrogen-bond donors (Lipinski definition) is 2. The molecule has 0 unspecified atom stereocenters. The Labute approximate surface area is 137 Å². The molecule has 2 amide bonds. The summed E-state index contributed by atoms with van der Waals surface area (Å²) in [7, 11) is 0. The van der Waals surface area contributed by atoms with Gasteiger partial charge >= 0.3 is 0 Å². The number of piperidine rings is 2. The maximum Gasteiger partial charge on any atom is 0.242 e. The number of nitrogens with one attached hydrogen (secondary N) is 2. The molecule has 0 spiro atoms. The Kier molecular flexibility index (Phi) is 5.28. The maximum absolute atomic E-state index is 12.3. The van der Waals surface area contributed by atoms with Crippen LogP contribution in [0.25, 0.3) is 0 Å². The summed E-state index contributed by atoms with van der Waals surface area (Å²) >= 11 is 0. The number of carbonyl (C=O) groups is 2. The fraction of sp³-hybridized carbons (Fsp3) is 0.556. The second-order valence-corrected chi connectivity index (χ2v) is 6.58. The molecule has 5 nitrogen and oxygen atoms in total. The summed E-state index contributed by atoms with van der Waals surface area (Å²) in [5, 5.41) is 5.92. The second-order valence-electron chi connectivity index (χ2n) is 6.58. The summed E-state index contributed by atoms with van der Waals surface area (Å²) < 4.78 is 0. The highest BCUT2D eigenvalue weighted by Gasteiger charge is 2.28. The Morgan fingerprint density at radius 2 is 2.04 bits per heavy atom. The molecule has 2 aliphatic heterocycles. The first-order chi connectivity index (χ1) is 11.2. The monoisotopic (exact) mass is 315 g/mol. The quantitative estimate of drug-likeness (QED) is 0.884. The minimum atomic E-state index is -0.347. The topological polar surface area (TPSA) is 61.4 Å². The fourth-order valence-electron chi connectivity index (χ4n) is 3.46. The van der Waals surface area contributed by atoms with Crippen LogP contribution in [0.4, 0.5) is 0 Å². The van der Waals surface area contributed by atoms with E-state index < -0.39 is 0 Å². The van der Waals surface area contributed by atoms with Gasteiger partial charge in [0.05, 0.1) is 0 Å². The number of nitrogens with zero attached hydrogens (tertiary/aromatic N) is 1. The van der Waals surface area contributed by atoms with Crippen LogP contribution in [-0.4, -0.2) is 41.9 Å². The van der Waals surface area contributed by atoms with Crippen molar-refractivity contribution in [2.24, 2.45) is 0 Å². The Bertz CT molecular complexity index is 546. The zero-order valence-electron chi connectivity index (χ0n) is 13.5. The number of likely N-dealkylation sites (tertiary alicyclic amines) is 1. The molecule has 2 saturated heterocycles. The average Bonchev–Trinajstić information content (AvgIpc) is 2.56. The van der Waals surface area contributed by atoms with E-state index in [0.717, 1.165) is 45.3 Å². The van der Waals surface area contributed by atoms with Gasteiger partial charge in [-0.05, 0) is 37.8 Å². The van der Waals surface area contributed by atoms with Gasteiger partial charge in [0, 0.05) is 25.6 Å². The molecule has 2 aliphatic rings. The molecular formula is C18H25N3O2. The van der Waals surface area contributed by atoms with E-state index in [-0.39, 0.29) is 23.9 Å². The van der Waals surface area contributed by atoms with Gasteiger partial charge in [-0.3, -0.25) is 14.5 Å².